The van der Waals surface area contributed by atoms with Gasteiger partial charge in [-0.1, -0.05) is 36.0 Å². The van der Waals surface area contributed by atoms with E-state index < -0.39 is 6.10 Å². The second-order valence-electron chi connectivity index (χ2n) is 6.03. The average Bonchev–Trinajstić information content (AvgIpc) is 3.27. The maximum Gasteiger partial charge on any atom is 0.209 e. The van der Waals surface area contributed by atoms with E-state index >= 15 is 0 Å². The number of furan rings is 1. The number of nitrogens with one attached hydrogen (secondary N) is 1. The largest absolute Gasteiger partial charge is 0.460 e. The first-order chi connectivity index (χ1) is 12.6. The minimum absolute atomic E-state index is 0.455. The maximum absolute atomic E-state index is 9.57. The van der Waals surface area contributed by atoms with Gasteiger partial charge in [0, 0.05) is 18.4 Å². The van der Waals surface area contributed by atoms with E-state index in [1.807, 2.05) is 43.4 Å². The second-order valence-corrected chi connectivity index (χ2v) is 7.09. The Morgan fingerprint density at radius 3 is 2.73 bits per heavy atom. The lowest BCUT2D eigenvalue weighted by Gasteiger charge is -2.05. The number of benzene rings is 1. The van der Waals surface area contributed by atoms with Crippen molar-refractivity contribution in [3.8, 4) is 11.3 Å². The lowest BCUT2D eigenvalue weighted by molar-refractivity contribution is 0.199. The summed E-state index contributed by atoms with van der Waals surface area (Å²) in [6, 6.07) is 11.7. The third-order valence-corrected chi connectivity index (χ3v) is 5.05. The lowest BCUT2D eigenvalue weighted by Crippen LogP contribution is -2.14. The minimum Gasteiger partial charge on any atom is -0.460 e. The molecule has 0 spiro atoms. The first kappa shape index (κ1) is 18.6. The van der Waals surface area contributed by atoms with Crippen LogP contribution in [0.2, 0.25) is 0 Å². The summed E-state index contributed by atoms with van der Waals surface area (Å²) in [5.74, 6) is 2.70. The molecule has 26 heavy (non-hydrogen) atoms. The number of tetrazole rings is 1. The molecule has 1 unspecified atom stereocenters. The van der Waals surface area contributed by atoms with Crippen molar-refractivity contribution in [2.45, 2.75) is 31.1 Å². The molecule has 2 heterocycles. The van der Waals surface area contributed by atoms with E-state index in [2.05, 4.69) is 20.8 Å². The van der Waals surface area contributed by atoms with Gasteiger partial charge in [-0.3, -0.25) is 0 Å². The van der Waals surface area contributed by atoms with Crippen LogP contribution in [0, 0.1) is 0 Å². The average molecular weight is 373 g/mol. The van der Waals surface area contributed by atoms with Gasteiger partial charge in [-0.2, -0.15) is 0 Å². The van der Waals surface area contributed by atoms with E-state index in [9.17, 15) is 5.11 Å². The molecule has 3 rings (SSSR count). The Bertz CT molecular complexity index is 813. The molecule has 2 N–H and O–H groups in total. The fourth-order valence-corrected chi connectivity index (χ4v) is 3.26. The van der Waals surface area contributed by atoms with Crippen molar-refractivity contribution >= 4 is 11.8 Å². The smallest absolute Gasteiger partial charge is 0.209 e. The number of hydrogen-bond acceptors (Lipinski definition) is 7. The van der Waals surface area contributed by atoms with Gasteiger partial charge in [0.2, 0.25) is 5.16 Å². The summed E-state index contributed by atoms with van der Waals surface area (Å²) >= 11 is 1.65. The van der Waals surface area contributed by atoms with E-state index in [1.54, 1.807) is 23.4 Å². The molecule has 1 atom stereocenters. The monoisotopic (exact) mass is 373 g/mol. The lowest BCUT2D eigenvalue weighted by atomic mass is 10.1. The van der Waals surface area contributed by atoms with Gasteiger partial charge in [0.25, 0.3) is 0 Å². The molecule has 0 aliphatic rings. The van der Waals surface area contributed by atoms with Gasteiger partial charge in [0.05, 0.1) is 12.6 Å². The van der Waals surface area contributed by atoms with E-state index in [0.717, 1.165) is 46.5 Å². The molecule has 0 bridgehead atoms. The number of nitrogens with zero attached hydrogens (tertiary/aromatic N) is 4. The van der Waals surface area contributed by atoms with Crippen molar-refractivity contribution in [2.24, 2.45) is 7.05 Å². The topological polar surface area (TPSA) is 89.0 Å². The van der Waals surface area contributed by atoms with Crippen molar-refractivity contribution in [2.75, 3.05) is 12.3 Å². The third-order valence-electron chi connectivity index (χ3n) is 3.95. The fourth-order valence-electron chi connectivity index (χ4n) is 2.47. The molecule has 8 heteroatoms. The van der Waals surface area contributed by atoms with Crippen LogP contribution in [0.15, 0.2) is 46.0 Å². The predicted octanol–water partition coefficient (Wildman–Crippen LogP) is 2.80. The summed E-state index contributed by atoms with van der Waals surface area (Å²) < 4.78 is 7.57. The van der Waals surface area contributed by atoms with Crippen LogP contribution in [0.4, 0.5) is 0 Å². The summed E-state index contributed by atoms with van der Waals surface area (Å²) in [5, 5.41) is 25.2. The van der Waals surface area contributed by atoms with Crippen LogP contribution in [0.5, 0.6) is 0 Å². The normalized spacial score (nSPS) is 12.4. The van der Waals surface area contributed by atoms with Gasteiger partial charge in [0.1, 0.15) is 11.5 Å². The van der Waals surface area contributed by atoms with E-state index in [0.29, 0.717) is 6.54 Å². The highest BCUT2D eigenvalue weighted by Gasteiger charge is 2.07. The molecule has 0 aliphatic carbocycles. The molecular weight excluding hydrogens is 350 g/mol. The first-order valence-corrected chi connectivity index (χ1v) is 9.55. The Morgan fingerprint density at radius 2 is 2.04 bits per heavy atom. The van der Waals surface area contributed by atoms with Crippen LogP contribution < -0.4 is 5.32 Å². The minimum atomic E-state index is -0.455. The Balaban J connectivity index is 1.40. The van der Waals surface area contributed by atoms with Crippen LogP contribution in [0.1, 0.15) is 30.8 Å². The van der Waals surface area contributed by atoms with Crippen molar-refractivity contribution in [1.29, 1.82) is 0 Å². The summed E-state index contributed by atoms with van der Waals surface area (Å²) in [7, 11) is 1.84. The number of aliphatic hydroxyl groups is 1. The molecular formula is C18H23N5O2S. The van der Waals surface area contributed by atoms with Gasteiger partial charge < -0.3 is 14.8 Å². The van der Waals surface area contributed by atoms with Crippen molar-refractivity contribution in [1.82, 2.24) is 25.5 Å². The molecule has 0 radical (unpaired) electrons. The summed E-state index contributed by atoms with van der Waals surface area (Å²) in [5.41, 5.74) is 1.91. The van der Waals surface area contributed by atoms with Crippen molar-refractivity contribution < 1.29 is 9.52 Å². The Kier molecular flexibility index (Phi) is 6.43. The molecule has 2 aromatic heterocycles. The number of thioether (sulfide) groups is 1. The third kappa shape index (κ3) is 4.94. The Labute approximate surface area is 156 Å². The molecule has 0 saturated heterocycles. The van der Waals surface area contributed by atoms with Crippen molar-refractivity contribution in [3.05, 3.63) is 47.7 Å². The predicted molar refractivity (Wildman–Crippen MR) is 101 cm³/mol. The van der Waals surface area contributed by atoms with Crippen molar-refractivity contribution in [3.63, 3.8) is 0 Å². The van der Waals surface area contributed by atoms with Gasteiger partial charge >= 0.3 is 0 Å². The number of hydrogen-bond donors (Lipinski definition) is 2. The molecule has 7 nitrogen and oxygen atoms in total. The number of aliphatic hydroxyl groups excluding tert-OH is 1. The zero-order valence-electron chi connectivity index (χ0n) is 14.9. The van der Waals surface area contributed by atoms with Crippen LogP contribution in [-0.2, 0) is 13.6 Å². The number of rotatable bonds is 9. The quantitative estimate of drug-likeness (QED) is 0.440. The molecule has 0 aliphatic heterocycles. The van der Waals surface area contributed by atoms with Gasteiger partial charge in [-0.05, 0) is 48.0 Å². The van der Waals surface area contributed by atoms with E-state index in [4.69, 9.17) is 4.42 Å². The van der Waals surface area contributed by atoms with E-state index in [1.165, 1.54) is 0 Å². The highest BCUT2D eigenvalue weighted by atomic mass is 32.2. The SMILES string of the molecule is CC(O)c1ccc(-c2ccc(CNCCCSc3nnnn3C)o2)cc1. The summed E-state index contributed by atoms with van der Waals surface area (Å²) in [6.45, 7) is 3.35. The maximum atomic E-state index is 9.57. The summed E-state index contributed by atoms with van der Waals surface area (Å²) in [6.07, 6.45) is 0.565. The Hall–Kier alpha value is -2.16. The van der Waals surface area contributed by atoms with Gasteiger partial charge in [0.15, 0.2) is 0 Å². The number of aryl methyl sites for hydroxylation is 1. The molecule has 138 valence electrons. The number of aromatic nitrogens is 4. The highest BCUT2D eigenvalue weighted by molar-refractivity contribution is 7.99. The molecule has 1 aromatic carbocycles. The summed E-state index contributed by atoms with van der Waals surface area (Å²) in [4.78, 5) is 0. The molecule has 0 saturated carbocycles. The zero-order chi connectivity index (χ0) is 18.4. The van der Waals surface area contributed by atoms with Crippen LogP contribution in [0.25, 0.3) is 11.3 Å². The van der Waals surface area contributed by atoms with Crippen LogP contribution in [-0.4, -0.2) is 37.6 Å². The second kappa shape index (κ2) is 8.98. The molecule has 0 amide bonds. The van der Waals surface area contributed by atoms with E-state index in [-0.39, 0.29) is 0 Å². The standard InChI is InChI=1S/C18H23N5O2S/c1-13(24)14-4-6-15(7-5-14)17-9-8-16(25-17)12-19-10-3-11-26-18-20-21-22-23(18)2/h4-9,13,19,24H,3,10-12H2,1-2H3. The Morgan fingerprint density at radius 1 is 1.23 bits per heavy atom. The van der Waals surface area contributed by atoms with Gasteiger partial charge in [-0.15, -0.1) is 5.10 Å². The zero-order valence-corrected chi connectivity index (χ0v) is 15.7. The molecule has 0 fully saturated rings. The van der Waals surface area contributed by atoms with Crippen LogP contribution in [0.3, 0.4) is 0 Å². The fraction of sp³-hybridized carbons (Fsp3) is 0.389. The molecule has 3 aromatic rings. The highest BCUT2D eigenvalue weighted by Crippen LogP contribution is 2.24. The van der Waals surface area contributed by atoms with Gasteiger partial charge in [-0.25, -0.2) is 4.68 Å². The first-order valence-electron chi connectivity index (χ1n) is 8.56. The van der Waals surface area contributed by atoms with Crippen LogP contribution >= 0.6 is 11.8 Å².